The summed E-state index contributed by atoms with van der Waals surface area (Å²) in [5.74, 6) is 9.14. The van der Waals surface area contributed by atoms with Crippen LogP contribution in [-0.4, -0.2) is 17.3 Å². The van der Waals surface area contributed by atoms with Gasteiger partial charge in [-0.2, -0.15) is 0 Å². The molecule has 0 saturated heterocycles. The minimum atomic E-state index is 0.215. The molecule has 0 rings (SSSR count). The summed E-state index contributed by atoms with van der Waals surface area (Å²) in [6.07, 6.45) is 18.1. The lowest BCUT2D eigenvalue weighted by molar-refractivity contribution is -0.123. The summed E-state index contributed by atoms with van der Waals surface area (Å²) in [5.41, 5.74) is 0. The number of rotatable bonds is 24. The third kappa shape index (κ3) is 79.8. The molecule has 0 atom stereocenters. The van der Waals surface area contributed by atoms with Gasteiger partial charge in [-0.25, -0.2) is 0 Å². The highest BCUT2D eigenvalue weighted by atomic mass is 16.1. The molecule has 348 valence electrons. The van der Waals surface area contributed by atoms with Crippen LogP contribution in [0.15, 0.2) is 0 Å². The van der Waals surface area contributed by atoms with Crippen molar-refractivity contribution in [2.75, 3.05) is 0 Å². The highest BCUT2D eigenvalue weighted by Gasteiger charge is 2.09. The SMILES string of the molecule is CC(C)CC(=O)C(C)C.CC(C)CCC(=O)C(C)C.CC(C)CCC(C)C.CC(C)CCCC(C)C.CC(C)CCCC(C)C.CC(C)CCCCC(=O)C(C)C. The van der Waals surface area contributed by atoms with Crippen LogP contribution in [-0.2, 0) is 14.4 Å². The molecule has 0 bridgehead atoms. The fourth-order valence-electron chi connectivity index (χ4n) is 5.03. The van der Waals surface area contributed by atoms with E-state index in [2.05, 4.69) is 125 Å². The Balaban J connectivity index is -0.000000138. The molecule has 0 spiro atoms. The molecule has 0 amide bonds. The van der Waals surface area contributed by atoms with E-state index in [9.17, 15) is 14.4 Å². The quantitative estimate of drug-likeness (QED) is 0.0913. The topological polar surface area (TPSA) is 51.2 Å². The van der Waals surface area contributed by atoms with E-state index in [1.165, 1.54) is 64.2 Å². The Labute approximate surface area is 364 Å². The monoisotopic (exact) mass is 811 g/mol. The zero-order chi connectivity index (χ0) is 46.3. The molecule has 0 aromatic rings. The Morgan fingerprint density at radius 3 is 0.702 bits per heavy atom. The zero-order valence-electron chi connectivity index (χ0n) is 44.3. The van der Waals surface area contributed by atoms with Crippen molar-refractivity contribution in [3.8, 4) is 0 Å². The van der Waals surface area contributed by atoms with Gasteiger partial charge in [-0.15, -0.1) is 0 Å². The summed E-state index contributed by atoms with van der Waals surface area (Å²) in [4.78, 5) is 33.2. The molecule has 0 aromatic heterocycles. The normalized spacial score (nSPS) is 11.2. The summed E-state index contributed by atoms with van der Waals surface area (Å²) in [5, 5.41) is 0. The van der Waals surface area contributed by atoms with E-state index in [-0.39, 0.29) is 17.8 Å². The fraction of sp³-hybridized carbons (Fsp3) is 0.944. The molecule has 0 saturated carbocycles. The van der Waals surface area contributed by atoms with Crippen molar-refractivity contribution < 1.29 is 14.4 Å². The van der Waals surface area contributed by atoms with E-state index in [4.69, 9.17) is 0 Å². The van der Waals surface area contributed by atoms with Crippen LogP contribution >= 0.6 is 0 Å². The van der Waals surface area contributed by atoms with Crippen LogP contribution in [0.5, 0.6) is 0 Å². The summed E-state index contributed by atoms with van der Waals surface area (Å²) >= 11 is 0. The van der Waals surface area contributed by atoms with Gasteiger partial charge in [-0.3, -0.25) is 14.4 Å². The lowest BCUT2D eigenvalue weighted by Gasteiger charge is -2.05. The zero-order valence-corrected chi connectivity index (χ0v) is 44.3. The lowest BCUT2D eigenvalue weighted by atomic mass is 9.99. The third-order valence-electron chi connectivity index (χ3n) is 9.41. The van der Waals surface area contributed by atoms with Gasteiger partial charge in [0, 0.05) is 37.0 Å². The minimum Gasteiger partial charge on any atom is -0.299 e. The fourth-order valence-corrected chi connectivity index (χ4v) is 5.03. The van der Waals surface area contributed by atoms with Gasteiger partial charge < -0.3 is 0 Å². The molecule has 0 radical (unpaired) electrons. The molecule has 0 aliphatic carbocycles. The van der Waals surface area contributed by atoms with E-state index in [0.717, 1.165) is 73.5 Å². The van der Waals surface area contributed by atoms with Gasteiger partial charge >= 0.3 is 0 Å². The number of carbonyl (C=O) groups excluding carboxylic acids is 3. The Hall–Kier alpha value is -0.990. The van der Waals surface area contributed by atoms with Crippen molar-refractivity contribution in [2.45, 2.75) is 262 Å². The van der Waals surface area contributed by atoms with Crippen LogP contribution in [0.25, 0.3) is 0 Å². The predicted molar refractivity (Wildman–Crippen MR) is 262 cm³/mol. The van der Waals surface area contributed by atoms with Gasteiger partial charge in [-0.1, -0.05) is 230 Å². The van der Waals surface area contributed by atoms with Crippen molar-refractivity contribution in [2.24, 2.45) is 71.0 Å². The molecule has 0 unspecified atom stereocenters. The number of hydrogen-bond acceptors (Lipinski definition) is 3. The average molecular weight is 812 g/mol. The van der Waals surface area contributed by atoms with Crippen LogP contribution in [0.4, 0.5) is 0 Å². The number of hydrogen-bond donors (Lipinski definition) is 0. The van der Waals surface area contributed by atoms with Gasteiger partial charge in [0.15, 0.2) is 0 Å². The van der Waals surface area contributed by atoms with Gasteiger partial charge in [-0.05, 0) is 66.1 Å². The van der Waals surface area contributed by atoms with Crippen LogP contribution in [0.3, 0.4) is 0 Å². The Bertz CT molecular complexity index is 782. The molecular weight excluding hydrogens is 697 g/mol. The highest BCUT2D eigenvalue weighted by molar-refractivity contribution is 5.81. The summed E-state index contributed by atoms with van der Waals surface area (Å²) in [6.45, 7) is 52.1. The number of ketones is 3. The molecule has 57 heavy (non-hydrogen) atoms. The summed E-state index contributed by atoms with van der Waals surface area (Å²) < 4.78 is 0. The minimum absolute atomic E-state index is 0.215. The highest BCUT2D eigenvalue weighted by Crippen LogP contribution is 2.13. The van der Waals surface area contributed by atoms with Gasteiger partial charge in [0.1, 0.15) is 17.3 Å². The molecule has 0 aliphatic heterocycles. The number of Topliss-reactive ketones (excluding diaryl/α,β-unsaturated/α-hetero) is 3. The van der Waals surface area contributed by atoms with Crippen molar-refractivity contribution in [3.05, 3.63) is 0 Å². The van der Waals surface area contributed by atoms with E-state index in [1.807, 2.05) is 41.5 Å². The average Bonchev–Trinajstić information content (AvgIpc) is 3.04. The maximum Gasteiger partial charge on any atom is 0.135 e. The maximum atomic E-state index is 11.2. The van der Waals surface area contributed by atoms with E-state index >= 15 is 0 Å². The number of unbranched alkanes of at least 4 members (excludes halogenated alkanes) is 1. The van der Waals surface area contributed by atoms with E-state index in [0.29, 0.717) is 29.2 Å². The Morgan fingerprint density at radius 2 is 0.491 bits per heavy atom. The maximum absolute atomic E-state index is 11.2. The summed E-state index contributed by atoms with van der Waals surface area (Å²) in [7, 11) is 0. The van der Waals surface area contributed by atoms with Gasteiger partial charge in [0.25, 0.3) is 0 Å². The van der Waals surface area contributed by atoms with Gasteiger partial charge in [0.05, 0.1) is 0 Å². The first-order chi connectivity index (χ1) is 26.0. The second kappa shape index (κ2) is 46.1. The number of carbonyl (C=O) groups is 3. The standard InChI is InChI=1S/C11H22O.C9H18O.2C9H20.C8H16O.C8H18/c1-9(2)7-5-6-8-11(12)10(3)4;1-7(2)5-6-9(10)8(3)4;2*1-8(2)6-5-7-9(3)4;1-6(2)5-8(9)7(3)4;1-7(2)5-6-8(3)4/h9-10H,5-8H2,1-4H3;7-8H,5-6H2,1-4H3;2*8-9H,5-7H2,1-4H3;6-7H,5H2,1-4H3;7-8H,5-6H2,1-4H3. The van der Waals surface area contributed by atoms with Crippen molar-refractivity contribution in [1.29, 1.82) is 0 Å². The van der Waals surface area contributed by atoms with Crippen molar-refractivity contribution >= 4 is 17.3 Å². The van der Waals surface area contributed by atoms with Crippen LogP contribution in [0, 0.1) is 71.0 Å². The van der Waals surface area contributed by atoms with Gasteiger partial charge in [0.2, 0.25) is 0 Å². The first-order valence-corrected chi connectivity index (χ1v) is 24.6. The molecule has 0 aromatic carbocycles. The Morgan fingerprint density at radius 1 is 0.246 bits per heavy atom. The molecule has 3 nitrogen and oxygen atoms in total. The van der Waals surface area contributed by atoms with Crippen LogP contribution in [0.2, 0.25) is 0 Å². The van der Waals surface area contributed by atoms with Crippen molar-refractivity contribution in [1.82, 2.24) is 0 Å². The van der Waals surface area contributed by atoms with Crippen LogP contribution < -0.4 is 0 Å². The smallest absolute Gasteiger partial charge is 0.135 e. The van der Waals surface area contributed by atoms with Crippen molar-refractivity contribution in [3.63, 3.8) is 0 Å². The molecule has 0 fully saturated rings. The molecule has 0 N–H and O–H groups in total. The van der Waals surface area contributed by atoms with E-state index in [1.54, 1.807) is 0 Å². The molecule has 0 aliphatic rings. The second-order valence-electron chi connectivity index (χ2n) is 21.8. The third-order valence-corrected chi connectivity index (χ3v) is 9.41. The second-order valence-corrected chi connectivity index (χ2v) is 21.8. The molecule has 0 heterocycles. The first kappa shape index (κ1) is 67.8. The molecule has 3 heteroatoms. The lowest BCUT2D eigenvalue weighted by Crippen LogP contribution is -2.09. The molecular formula is C54H114O3. The largest absolute Gasteiger partial charge is 0.299 e. The van der Waals surface area contributed by atoms with Crippen LogP contribution in [0.1, 0.15) is 262 Å². The Kier molecular flexibility index (Phi) is 54.8. The predicted octanol–water partition coefficient (Wildman–Crippen LogP) is 18.3. The first-order valence-electron chi connectivity index (χ1n) is 24.6. The summed E-state index contributed by atoms with van der Waals surface area (Å²) in [6, 6.07) is 0. The van der Waals surface area contributed by atoms with E-state index < -0.39 is 0 Å².